The smallest absolute Gasteiger partial charge is 0.414 e. The molecule has 1 N–H and O–H groups in total. The van der Waals surface area contributed by atoms with E-state index < -0.39 is 6.09 Å². The number of benzene rings is 1. The first kappa shape index (κ1) is 19.2. The maximum Gasteiger partial charge on any atom is 0.414 e. The summed E-state index contributed by atoms with van der Waals surface area (Å²) in [7, 11) is 0. The number of thiocarbonyl (C=S) groups is 1. The van der Waals surface area contributed by atoms with Gasteiger partial charge in [0.25, 0.3) is 0 Å². The van der Waals surface area contributed by atoms with Gasteiger partial charge in [-0.3, -0.25) is 4.90 Å². The van der Waals surface area contributed by atoms with E-state index in [0.717, 1.165) is 25.9 Å². The second kappa shape index (κ2) is 8.90. The number of hydrogen-bond donors (Lipinski definition) is 1. The van der Waals surface area contributed by atoms with E-state index in [2.05, 4.69) is 10.2 Å². The number of halogens is 1. The molecule has 0 radical (unpaired) electrons. The Morgan fingerprint density at radius 2 is 2.08 bits per heavy atom. The molecule has 0 aliphatic carbocycles. The molecule has 1 atom stereocenters. The number of carbonyl (C=O) groups excluding carboxylic acids is 1. The van der Waals surface area contributed by atoms with Crippen molar-refractivity contribution < 1.29 is 13.9 Å². The van der Waals surface area contributed by atoms with Gasteiger partial charge >= 0.3 is 6.09 Å². The molecule has 0 spiro atoms. The third-order valence-corrected chi connectivity index (χ3v) is 5.88. The van der Waals surface area contributed by atoms with E-state index in [-0.39, 0.29) is 11.9 Å². The highest BCUT2D eigenvalue weighted by Crippen LogP contribution is 2.29. The predicted molar refractivity (Wildman–Crippen MR) is 109 cm³/mol. The SMILES string of the molecule is CSC(=S)NC[C@H]1CN(c2ccc(N3CCCCCC3)c(F)c2)C(=O)O1. The molecule has 0 bridgehead atoms. The number of carbonyl (C=O) groups is 1. The average molecular weight is 398 g/mol. The van der Waals surface area contributed by atoms with Crippen LogP contribution in [0.25, 0.3) is 0 Å². The van der Waals surface area contributed by atoms with Gasteiger partial charge in [0.05, 0.1) is 24.5 Å². The number of cyclic esters (lactones) is 1. The van der Waals surface area contributed by atoms with Crippen LogP contribution in [0.5, 0.6) is 0 Å². The Kier molecular flexibility index (Phi) is 6.58. The van der Waals surface area contributed by atoms with Crippen molar-refractivity contribution in [2.45, 2.75) is 31.8 Å². The number of thioether (sulfide) groups is 1. The van der Waals surface area contributed by atoms with Gasteiger partial charge in [-0.05, 0) is 37.3 Å². The Labute approximate surface area is 163 Å². The number of nitrogens with one attached hydrogen (secondary N) is 1. The van der Waals surface area contributed by atoms with Crippen LogP contribution in [0.15, 0.2) is 18.2 Å². The molecule has 2 aliphatic heterocycles. The topological polar surface area (TPSA) is 44.8 Å². The summed E-state index contributed by atoms with van der Waals surface area (Å²) in [6.45, 7) is 2.60. The van der Waals surface area contributed by atoms with Gasteiger partial charge in [0.1, 0.15) is 16.2 Å². The minimum Gasteiger partial charge on any atom is -0.442 e. The second-order valence-electron chi connectivity index (χ2n) is 6.53. The summed E-state index contributed by atoms with van der Waals surface area (Å²) in [5.74, 6) is -0.290. The summed E-state index contributed by atoms with van der Waals surface area (Å²) >= 11 is 6.53. The van der Waals surface area contributed by atoms with Crippen LogP contribution in [-0.4, -0.2) is 49.0 Å². The number of hydrogen-bond acceptors (Lipinski definition) is 5. The van der Waals surface area contributed by atoms with Gasteiger partial charge < -0.3 is 15.0 Å². The van der Waals surface area contributed by atoms with Crippen molar-refractivity contribution in [3.8, 4) is 0 Å². The molecular weight excluding hydrogens is 373 g/mol. The lowest BCUT2D eigenvalue weighted by Gasteiger charge is -2.24. The molecular formula is C18H24FN3O2S2. The minimum absolute atomic E-state index is 0.290. The molecule has 1 aromatic rings. The van der Waals surface area contributed by atoms with Crippen LogP contribution in [0.4, 0.5) is 20.6 Å². The van der Waals surface area contributed by atoms with Gasteiger partial charge in [0, 0.05) is 13.1 Å². The van der Waals surface area contributed by atoms with Gasteiger partial charge in [-0.1, -0.05) is 25.1 Å². The average Bonchev–Trinajstić information content (AvgIpc) is 2.83. The van der Waals surface area contributed by atoms with E-state index in [4.69, 9.17) is 17.0 Å². The van der Waals surface area contributed by atoms with Gasteiger partial charge in [-0.25, -0.2) is 9.18 Å². The summed E-state index contributed by atoms with van der Waals surface area (Å²) < 4.78 is 20.7. The number of ether oxygens (including phenoxy) is 1. The molecule has 8 heteroatoms. The summed E-state index contributed by atoms with van der Waals surface area (Å²) in [4.78, 5) is 15.7. The molecule has 2 fully saturated rings. The first-order valence-electron chi connectivity index (χ1n) is 8.93. The highest BCUT2D eigenvalue weighted by molar-refractivity contribution is 8.22. The highest BCUT2D eigenvalue weighted by Gasteiger charge is 2.32. The van der Waals surface area contributed by atoms with Crippen molar-refractivity contribution in [3.05, 3.63) is 24.0 Å². The van der Waals surface area contributed by atoms with Crippen LogP contribution in [-0.2, 0) is 4.74 Å². The number of rotatable bonds is 4. The molecule has 1 amide bonds. The molecule has 5 nitrogen and oxygen atoms in total. The zero-order valence-corrected chi connectivity index (χ0v) is 16.5. The quantitative estimate of drug-likeness (QED) is 0.781. The number of amides is 1. The normalized spacial score (nSPS) is 20.7. The summed E-state index contributed by atoms with van der Waals surface area (Å²) in [5, 5.41) is 3.05. The lowest BCUT2D eigenvalue weighted by Crippen LogP contribution is -2.32. The second-order valence-corrected chi connectivity index (χ2v) is 8.01. The van der Waals surface area contributed by atoms with E-state index in [1.54, 1.807) is 12.1 Å². The van der Waals surface area contributed by atoms with Crippen LogP contribution in [0, 0.1) is 5.82 Å². The Morgan fingerprint density at radius 3 is 2.73 bits per heavy atom. The summed E-state index contributed by atoms with van der Waals surface area (Å²) in [6.07, 6.45) is 5.71. The van der Waals surface area contributed by atoms with E-state index in [0.29, 0.717) is 28.8 Å². The fourth-order valence-corrected chi connectivity index (χ4v) is 3.65. The van der Waals surface area contributed by atoms with Crippen LogP contribution in [0.3, 0.4) is 0 Å². The molecule has 0 aromatic heterocycles. The molecule has 3 rings (SSSR count). The summed E-state index contributed by atoms with van der Waals surface area (Å²) in [6, 6.07) is 5.01. The maximum absolute atomic E-state index is 14.7. The van der Waals surface area contributed by atoms with E-state index in [9.17, 15) is 9.18 Å². The van der Waals surface area contributed by atoms with Crippen LogP contribution < -0.4 is 15.1 Å². The number of anilines is 2. The Bertz CT molecular complexity index is 666. The lowest BCUT2D eigenvalue weighted by molar-refractivity contribution is 0.143. The van der Waals surface area contributed by atoms with Gasteiger partial charge in [-0.2, -0.15) is 0 Å². The maximum atomic E-state index is 14.7. The zero-order valence-electron chi connectivity index (χ0n) is 14.9. The van der Waals surface area contributed by atoms with Gasteiger partial charge in [-0.15, -0.1) is 11.8 Å². The van der Waals surface area contributed by atoms with Crippen molar-refractivity contribution in [3.63, 3.8) is 0 Å². The van der Waals surface area contributed by atoms with Crippen LogP contribution in [0.1, 0.15) is 25.7 Å². The third kappa shape index (κ3) is 4.59. The molecule has 142 valence electrons. The molecule has 26 heavy (non-hydrogen) atoms. The Balaban J connectivity index is 1.66. The standard InChI is InChI=1S/C18H24FN3O2S2/c1-26-17(25)20-11-14-12-22(18(23)24-14)13-6-7-16(15(19)10-13)21-8-4-2-3-5-9-21/h6-7,10,14H,2-5,8-9,11-12H2,1H3,(H,20,25)/t14-/m0/s1. The van der Waals surface area contributed by atoms with Crippen molar-refractivity contribution in [2.75, 3.05) is 42.2 Å². The van der Waals surface area contributed by atoms with Crippen molar-refractivity contribution in [2.24, 2.45) is 0 Å². The fourth-order valence-electron chi connectivity index (χ4n) is 3.34. The van der Waals surface area contributed by atoms with E-state index in [1.165, 1.54) is 35.6 Å². The largest absolute Gasteiger partial charge is 0.442 e. The Hall–Kier alpha value is -1.54. The predicted octanol–water partition coefficient (Wildman–Crippen LogP) is 3.77. The van der Waals surface area contributed by atoms with Crippen molar-refractivity contribution in [1.82, 2.24) is 5.32 Å². The Morgan fingerprint density at radius 1 is 1.35 bits per heavy atom. The van der Waals surface area contributed by atoms with Gasteiger partial charge in [0.2, 0.25) is 0 Å². The molecule has 2 aliphatic rings. The van der Waals surface area contributed by atoms with Gasteiger partial charge in [0.15, 0.2) is 0 Å². The minimum atomic E-state index is -0.450. The monoisotopic (exact) mass is 397 g/mol. The van der Waals surface area contributed by atoms with E-state index >= 15 is 0 Å². The fraction of sp³-hybridized carbons (Fsp3) is 0.556. The first-order chi connectivity index (χ1) is 12.6. The zero-order chi connectivity index (χ0) is 18.5. The molecule has 1 aromatic carbocycles. The molecule has 2 heterocycles. The highest BCUT2D eigenvalue weighted by atomic mass is 32.2. The number of nitrogens with zero attached hydrogens (tertiary/aromatic N) is 2. The molecule has 0 unspecified atom stereocenters. The first-order valence-corrected chi connectivity index (χ1v) is 10.6. The third-order valence-electron chi connectivity index (χ3n) is 4.72. The van der Waals surface area contributed by atoms with Crippen LogP contribution >= 0.6 is 24.0 Å². The van der Waals surface area contributed by atoms with Crippen LogP contribution in [0.2, 0.25) is 0 Å². The lowest BCUT2D eigenvalue weighted by atomic mass is 10.2. The van der Waals surface area contributed by atoms with E-state index in [1.807, 2.05) is 6.26 Å². The van der Waals surface area contributed by atoms with Crippen molar-refractivity contribution in [1.29, 1.82) is 0 Å². The summed E-state index contributed by atoms with van der Waals surface area (Å²) in [5.41, 5.74) is 1.15. The molecule has 0 saturated carbocycles. The van der Waals surface area contributed by atoms with Crippen molar-refractivity contribution >= 4 is 45.8 Å². The molecule has 2 saturated heterocycles.